The lowest BCUT2D eigenvalue weighted by Gasteiger charge is -2.33. The standard InChI is InChI=1S/C25H26N2O2/c28-25(23-13-11-21(12-14-23)20-7-3-1-4-8-20)26-15-16-27-17-18-29-24(19-27)22-9-5-2-6-10-22/h1-14,24H,15-19H2,(H,26,28). The lowest BCUT2D eigenvalue weighted by atomic mass is 10.0. The fraction of sp³-hybridized carbons (Fsp3) is 0.240. The third-order valence-electron chi connectivity index (χ3n) is 5.29. The third kappa shape index (κ3) is 5.11. The Morgan fingerprint density at radius 1 is 0.897 bits per heavy atom. The second-order valence-electron chi connectivity index (χ2n) is 7.27. The molecule has 1 unspecified atom stereocenters. The maximum absolute atomic E-state index is 12.5. The topological polar surface area (TPSA) is 41.6 Å². The van der Waals surface area contributed by atoms with E-state index < -0.39 is 0 Å². The second kappa shape index (κ2) is 9.50. The Bertz CT molecular complexity index is 911. The van der Waals surface area contributed by atoms with Crippen LogP contribution in [0.4, 0.5) is 0 Å². The van der Waals surface area contributed by atoms with E-state index in [1.165, 1.54) is 5.56 Å². The van der Waals surface area contributed by atoms with Gasteiger partial charge in [0.2, 0.25) is 0 Å². The number of benzene rings is 3. The summed E-state index contributed by atoms with van der Waals surface area (Å²) in [6.45, 7) is 3.91. The van der Waals surface area contributed by atoms with E-state index in [4.69, 9.17) is 4.74 Å². The highest BCUT2D eigenvalue weighted by Crippen LogP contribution is 2.22. The summed E-state index contributed by atoms with van der Waals surface area (Å²) in [7, 11) is 0. The molecule has 0 aromatic heterocycles. The van der Waals surface area contributed by atoms with Gasteiger partial charge in [0.1, 0.15) is 0 Å². The average molecular weight is 386 g/mol. The van der Waals surface area contributed by atoms with E-state index in [0.29, 0.717) is 18.7 Å². The summed E-state index contributed by atoms with van der Waals surface area (Å²) in [4.78, 5) is 14.8. The molecule has 1 aliphatic heterocycles. The molecule has 1 fully saturated rings. The summed E-state index contributed by atoms with van der Waals surface area (Å²) in [5.74, 6) is -0.0301. The minimum atomic E-state index is -0.0301. The van der Waals surface area contributed by atoms with Crippen molar-refractivity contribution in [3.05, 3.63) is 96.1 Å². The Morgan fingerprint density at radius 3 is 2.28 bits per heavy atom. The number of nitrogens with one attached hydrogen (secondary N) is 1. The Morgan fingerprint density at radius 2 is 1.55 bits per heavy atom. The molecule has 4 rings (SSSR count). The summed E-state index contributed by atoms with van der Waals surface area (Å²) < 4.78 is 5.91. The average Bonchev–Trinajstić information content (AvgIpc) is 2.80. The quantitative estimate of drug-likeness (QED) is 0.692. The van der Waals surface area contributed by atoms with Crippen molar-refractivity contribution in [3.63, 3.8) is 0 Å². The van der Waals surface area contributed by atoms with Crippen LogP contribution in [-0.2, 0) is 4.74 Å². The maximum Gasteiger partial charge on any atom is 0.251 e. The molecular weight excluding hydrogens is 360 g/mol. The number of morpholine rings is 1. The molecule has 29 heavy (non-hydrogen) atoms. The first kappa shape index (κ1) is 19.4. The lowest BCUT2D eigenvalue weighted by molar-refractivity contribution is -0.0293. The molecule has 3 aromatic rings. The lowest BCUT2D eigenvalue weighted by Crippen LogP contribution is -2.42. The van der Waals surface area contributed by atoms with Crippen molar-refractivity contribution < 1.29 is 9.53 Å². The first-order valence-electron chi connectivity index (χ1n) is 10.1. The van der Waals surface area contributed by atoms with Crippen LogP contribution in [0.25, 0.3) is 11.1 Å². The summed E-state index contributed by atoms with van der Waals surface area (Å²) in [5.41, 5.74) is 4.16. The molecule has 0 aliphatic carbocycles. The van der Waals surface area contributed by atoms with Crippen LogP contribution >= 0.6 is 0 Å². The van der Waals surface area contributed by atoms with Gasteiger partial charge in [0.15, 0.2) is 0 Å². The highest BCUT2D eigenvalue weighted by atomic mass is 16.5. The van der Waals surface area contributed by atoms with Gasteiger partial charge < -0.3 is 10.1 Å². The van der Waals surface area contributed by atoms with Crippen molar-refractivity contribution in [3.8, 4) is 11.1 Å². The Balaban J connectivity index is 1.26. The van der Waals surface area contributed by atoms with Gasteiger partial charge in [-0.25, -0.2) is 0 Å². The maximum atomic E-state index is 12.5. The molecule has 1 saturated heterocycles. The van der Waals surface area contributed by atoms with Crippen molar-refractivity contribution >= 4 is 5.91 Å². The summed E-state index contributed by atoms with van der Waals surface area (Å²) in [6.07, 6.45) is 0.103. The van der Waals surface area contributed by atoms with E-state index in [-0.39, 0.29) is 12.0 Å². The molecule has 1 amide bonds. The molecule has 1 heterocycles. The molecule has 0 bridgehead atoms. The van der Waals surface area contributed by atoms with Crippen LogP contribution in [0.2, 0.25) is 0 Å². The molecule has 1 atom stereocenters. The normalized spacial score (nSPS) is 17.0. The SMILES string of the molecule is O=C(NCCN1CCOC(c2ccccc2)C1)c1ccc(-c2ccccc2)cc1. The fourth-order valence-electron chi connectivity index (χ4n) is 3.65. The van der Waals surface area contributed by atoms with Crippen molar-refractivity contribution in [2.45, 2.75) is 6.10 Å². The van der Waals surface area contributed by atoms with Gasteiger partial charge in [0, 0.05) is 31.7 Å². The molecule has 0 radical (unpaired) electrons. The molecule has 1 N–H and O–H groups in total. The van der Waals surface area contributed by atoms with Gasteiger partial charge in [-0.05, 0) is 28.8 Å². The fourth-order valence-corrected chi connectivity index (χ4v) is 3.65. The van der Waals surface area contributed by atoms with Gasteiger partial charge >= 0.3 is 0 Å². The Hall–Kier alpha value is -2.95. The van der Waals surface area contributed by atoms with Gasteiger partial charge in [-0.2, -0.15) is 0 Å². The predicted molar refractivity (Wildman–Crippen MR) is 116 cm³/mol. The molecular formula is C25H26N2O2. The molecule has 1 aliphatic rings. The van der Waals surface area contributed by atoms with Crippen molar-refractivity contribution in [2.75, 3.05) is 32.8 Å². The molecule has 3 aromatic carbocycles. The van der Waals surface area contributed by atoms with E-state index in [1.54, 1.807) is 0 Å². The van der Waals surface area contributed by atoms with Crippen LogP contribution in [0.5, 0.6) is 0 Å². The largest absolute Gasteiger partial charge is 0.371 e. The Labute approximate surface area is 172 Å². The van der Waals surface area contributed by atoms with E-state index >= 15 is 0 Å². The van der Waals surface area contributed by atoms with Gasteiger partial charge in [-0.3, -0.25) is 9.69 Å². The van der Waals surface area contributed by atoms with Crippen molar-refractivity contribution in [2.24, 2.45) is 0 Å². The van der Waals surface area contributed by atoms with Crippen LogP contribution < -0.4 is 5.32 Å². The number of amides is 1. The van der Waals surface area contributed by atoms with E-state index in [9.17, 15) is 4.79 Å². The van der Waals surface area contributed by atoms with E-state index in [0.717, 1.165) is 30.8 Å². The zero-order valence-corrected chi connectivity index (χ0v) is 16.5. The van der Waals surface area contributed by atoms with Gasteiger partial charge in [-0.15, -0.1) is 0 Å². The van der Waals surface area contributed by atoms with E-state index in [1.807, 2.05) is 60.7 Å². The van der Waals surface area contributed by atoms with Gasteiger partial charge in [-0.1, -0.05) is 72.8 Å². The van der Waals surface area contributed by atoms with Gasteiger partial charge in [0.25, 0.3) is 5.91 Å². The van der Waals surface area contributed by atoms with Crippen LogP contribution in [0, 0.1) is 0 Å². The number of carbonyl (C=O) groups excluding carboxylic acids is 1. The molecule has 148 valence electrons. The number of hydrogen-bond donors (Lipinski definition) is 1. The third-order valence-corrected chi connectivity index (χ3v) is 5.29. The minimum Gasteiger partial charge on any atom is -0.371 e. The molecule has 4 nitrogen and oxygen atoms in total. The number of carbonyl (C=O) groups is 1. The highest BCUT2D eigenvalue weighted by Gasteiger charge is 2.21. The molecule has 0 spiro atoms. The highest BCUT2D eigenvalue weighted by molar-refractivity contribution is 5.94. The number of ether oxygens (including phenoxy) is 1. The number of hydrogen-bond acceptors (Lipinski definition) is 3. The number of nitrogens with zero attached hydrogens (tertiary/aromatic N) is 1. The first-order valence-corrected chi connectivity index (χ1v) is 10.1. The summed E-state index contributed by atoms with van der Waals surface area (Å²) in [5, 5.41) is 3.04. The summed E-state index contributed by atoms with van der Waals surface area (Å²) >= 11 is 0. The van der Waals surface area contributed by atoms with Crippen molar-refractivity contribution in [1.82, 2.24) is 10.2 Å². The second-order valence-corrected chi connectivity index (χ2v) is 7.27. The van der Waals surface area contributed by atoms with E-state index in [2.05, 4.69) is 34.5 Å². The monoisotopic (exact) mass is 386 g/mol. The Kier molecular flexibility index (Phi) is 6.35. The van der Waals surface area contributed by atoms with Crippen LogP contribution in [0.3, 0.4) is 0 Å². The summed E-state index contributed by atoms with van der Waals surface area (Å²) in [6, 6.07) is 28.3. The molecule has 4 heteroatoms. The predicted octanol–water partition coefficient (Wildman–Crippen LogP) is 4.16. The zero-order valence-electron chi connectivity index (χ0n) is 16.5. The molecule has 0 saturated carbocycles. The van der Waals surface area contributed by atoms with Crippen LogP contribution in [0.15, 0.2) is 84.9 Å². The van der Waals surface area contributed by atoms with Crippen LogP contribution in [-0.4, -0.2) is 43.6 Å². The first-order chi connectivity index (χ1) is 14.3. The zero-order chi connectivity index (χ0) is 19.9. The smallest absolute Gasteiger partial charge is 0.251 e. The van der Waals surface area contributed by atoms with Crippen LogP contribution in [0.1, 0.15) is 22.0 Å². The number of rotatable bonds is 6. The van der Waals surface area contributed by atoms with Crippen molar-refractivity contribution in [1.29, 1.82) is 0 Å². The minimum absolute atomic E-state index is 0.0301. The van der Waals surface area contributed by atoms with Gasteiger partial charge in [0.05, 0.1) is 12.7 Å².